The number of rotatable bonds is 3. The van der Waals surface area contributed by atoms with E-state index >= 15 is 0 Å². The van der Waals surface area contributed by atoms with Gasteiger partial charge in [0.25, 0.3) is 0 Å². The normalized spacial score (nSPS) is 22.4. The van der Waals surface area contributed by atoms with Crippen LogP contribution in [0.5, 0.6) is 0 Å². The summed E-state index contributed by atoms with van der Waals surface area (Å²) in [6.07, 6.45) is 1.62. The van der Waals surface area contributed by atoms with E-state index in [-0.39, 0.29) is 0 Å². The molecule has 1 amide bonds. The lowest BCUT2D eigenvalue weighted by atomic mass is 9.87. The van der Waals surface area contributed by atoms with Gasteiger partial charge in [0.05, 0.1) is 0 Å². The number of nitrogens with one attached hydrogen (secondary N) is 2. The summed E-state index contributed by atoms with van der Waals surface area (Å²) in [5, 5.41) is 6.74. The first-order chi connectivity index (χ1) is 9.84. The Labute approximate surface area is 120 Å². The Bertz CT molecular complexity index is 469. The fourth-order valence-electron chi connectivity index (χ4n) is 3.21. The minimum Gasteiger partial charge on any atom is -0.340 e. The fraction of sp³-hybridized carbons (Fsp3) is 0.562. The van der Waals surface area contributed by atoms with E-state index in [2.05, 4.69) is 34.9 Å². The van der Waals surface area contributed by atoms with Crippen molar-refractivity contribution < 1.29 is 4.79 Å². The van der Waals surface area contributed by atoms with Gasteiger partial charge in [0.1, 0.15) is 0 Å². The molecule has 1 aromatic carbocycles. The Kier molecular flexibility index (Phi) is 4.33. The minimum atomic E-state index is 0.314. The van der Waals surface area contributed by atoms with Gasteiger partial charge in [0.2, 0.25) is 5.91 Å². The van der Waals surface area contributed by atoms with Crippen LogP contribution in [0.2, 0.25) is 0 Å². The molecule has 3 rings (SSSR count). The number of nitrogens with zero attached hydrogens (tertiary/aromatic N) is 1. The molecule has 1 saturated heterocycles. The Morgan fingerprint density at radius 1 is 1.20 bits per heavy atom. The van der Waals surface area contributed by atoms with Crippen LogP contribution in [-0.2, 0) is 11.3 Å². The molecule has 0 radical (unpaired) electrons. The van der Waals surface area contributed by atoms with E-state index in [9.17, 15) is 4.79 Å². The first-order valence-corrected chi connectivity index (χ1v) is 7.61. The number of hydrogen-bond donors (Lipinski definition) is 2. The second-order valence-electron chi connectivity index (χ2n) is 5.70. The molecule has 1 aromatic rings. The smallest absolute Gasteiger partial charge is 0.222 e. The van der Waals surface area contributed by atoms with Crippen molar-refractivity contribution in [1.82, 2.24) is 15.5 Å². The summed E-state index contributed by atoms with van der Waals surface area (Å²) in [4.78, 5) is 14.2. The second-order valence-corrected chi connectivity index (χ2v) is 5.70. The van der Waals surface area contributed by atoms with E-state index < -0.39 is 0 Å². The van der Waals surface area contributed by atoms with Crippen LogP contribution >= 0.6 is 0 Å². The highest BCUT2D eigenvalue weighted by atomic mass is 16.2. The van der Waals surface area contributed by atoms with Gasteiger partial charge in [-0.3, -0.25) is 4.79 Å². The summed E-state index contributed by atoms with van der Waals surface area (Å²) in [7, 11) is 0. The third-order valence-corrected chi connectivity index (χ3v) is 4.38. The maximum atomic E-state index is 12.2. The number of carbonyl (C=O) groups is 1. The Morgan fingerprint density at radius 2 is 2.00 bits per heavy atom. The van der Waals surface area contributed by atoms with Crippen molar-refractivity contribution in [1.29, 1.82) is 0 Å². The van der Waals surface area contributed by atoms with Gasteiger partial charge >= 0.3 is 0 Å². The molecule has 1 fully saturated rings. The number of hydrogen-bond acceptors (Lipinski definition) is 3. The number of fused-ring (bicyclic) bond motifs is 1. The molecule has 4 heteroatoms. The standard InChI is InChI=1S/C16H23N3O/c20-16(19-9-7-17-8-10-19)6-5-14-12-18-11-13-3-1-2-4-15(13)14/h1-4,14,17-18H,5-12H2. The van der Waals surface area contributed by atoms with E-state index in [1.54, 1.807) is 0 Å². The van der Waals surface area contributed by atoms with Crippen molar-refractivity contribution in [2.24, 2.45) is 0 Å². The predicted molar refractivity (Wildman–Crippen MR) is 79.6 cm³/mol. The molecule has 20 heavy (non-hydrogen) atoms. The molecule has 1 atom stereocenters. The van der Waals surface area contributed by atoms with Gasteiger partial charge in [0.15, 0.2) is 0 Å². The van der Waals surface area contributed by atoms with Crippen LogP contribution in [0.4, 0.5) is 0 Å². The molecule has 0 saturated carbocycles. The summed E-state index contributed by atoms with van der Waals surface area (Å²) < 4.78 is 0. The van der Waals surface area contributed by atoms with E-state index in [1.165, 1.54) is 11.1 Å². The number of carbonyl (C=O) groups excluding carboxylic acids is 1. The lowest BCUT2D eigenvalue weighted by Gasteiger charge is -2.29. The molecule has 2 N–H and O–H groups in total. The van der Waals surface area contributed by atoms with Crippen molar-refractivity contribution >= 4 is 5.91 Å². The molecular weight excluding hydrogens is 250 g/mol. The predicted octanol–water partition coefficient (Wildman–Crippen LogP) is 1.09. The molecule has 0 aromatic heterocycles. The van der Waals surface area contributed by atoms with Crippen molar-refractivity contribution in [2.75, 3.05) is 32.7 Å². The van der Waals surface area contributed by atoms with Crippen LogP contribution in [0, 0.1) is 0 Å². The zero-order chi connectivity index (χ0) is 13.8. The zero-order valence-corrected chi connectivity index (χ0v) is 11.9. The third-order valence-electron chi connectivity index (χ3n) is 4.38. The lowest BCUT2D eigenvalue weighted by Crippen LogP contribution is -2.46. The highest BCUT2D eigenvalue weighted by Gasteiger charge is 2.22. The maximum absolute atomic E-state index is 12.2. The van der Waals surface area contributed by atoms with Gasteiger partial charge in [-0.15, -0.1) is 0 Å². The van der Waals surface area contributed by atoms with Crippen molar-refractivity contribution in [3.63, 3.8) is 0 Å². The van der Waals surface area contributed by atoms with Crippen LogP contribution in [0.25, 0.3) is 0 Å². The van der Waals surface area contributed by atoms with Gasteiger partial charge in [-0.05, 0) is 23.5 Å². The molecule has 0 bridgehead atoms. The molecule has 0 aliphatic carbocycles. The maximum Gasteiger partial charge on any atom is 0.222 e. The van der Waals surface area contributed by atoms with Crippen LogP contribution < -0.4 is 10.6 Å². The molecule has 0 spiro atoms. The summed E-state index contributed by atoms with van der Waals surface area (Å²) in [6, 6.07) is 8.60. The largest absolute Gasteiger partial charge is 0.340 e. The van der Waals surface area contributed by atoms with Crippen LogP contribution in [0.1, 0.15) is 29.9 Å². The topological polar surface area (TPSA) is 44.4 Å². The van der Waals surface area contributed by atoms with Crippen molar-refractivity contribution in [3.8, 4) is 0 Å². The first kappa shape index (κ1) is 13.6. The van der Waals surface area contributed by atoms with E-state index in [0.29, 0.717) is 18.2 Å². The Morgan fingerprint density at radius 3 is 2.85 bits per heavy atom. The molecule has 4 nitrogen and oxygen atoms in total. The van der Waals surface area contributed by atoms with Crippen LogP contribution in [-0.4, -0.2) is 43.5 Å². The summed E-state index contributed by atoms with van der Waals surface area (Å²) in [5.74, 6) is 0.793. The quantitative estimate of drug-likeness (QED) is 0.866. The van der Waals surface area contributed by atoms with Gasteiger partial charge in [-0.25, -0.2) is 0 Å². The fourth-order valence-corrected chi connectivity index (χ4v) is 3.21. The molecule has 1 unspecified atom stereocenters. The second kappa shape index (κ2) is 6.37. The van der Waals surface area contributed by atoms with E-state index in [4.69, 9.17) is 0 Å². The lowest BCUT2D eigenvalue weighted by molar-refractivity contribution is -0.131. The summed E-state index contributed by atoms with van der Waals surface area (Å²) >= 11 is 0. The summed E-state index contributed by atoms with van der Waals surface area (Å²) in [6.45, 7) is 5.53. The van der Waals surface area contributed by atoms with Crippen molar-refractivity contribution in [2.45, 2.75) is 25.3 Å². The van der Waals surface area contributed by atoms with Gasteiger partial charge < -0.3 is 15.5 Å². The molecule has 2 heterocycles. The molecule has 108 valence electrons. The minimum absolute atomic E-state index is 0.314. The van der Waals surface area contributed by atoms with Gasteiger partial charge in [0, 0.05) is 45.7 Å². The van der Waals surface area contributed by atoms with Crippen molar-refractivity contribution in [3.05, 3.63) is 35.4 Å². The Hall–Kier alpha value is -1.39. The average molecular weight is 273 g/mol. The highest BCUT2D eigenvalue weighted by molar-refractivity contribution is 5.76. The number of benzene rings is 1. The number of amides is 1. The van der Waals surface area contributed by atoms with Crippen LogP contribution in [0.15, 0.2) is 24.3 Å². The van der Waals surface area contributed by atoms with E-state index in [0.717, 1.165) is 45.7 Å². The average Bonchev–Trinajstić information content (AvgIpc) is 2.53. The monoisotopic (exact) mass is 273 g/mol. The third kappa shape index (κ3) is 3.02. The van der Waals surface area contributed by atoms with Gasteiger partial charge in [-0.2, -0.15) is 0 Å². The van der Waals surface area contributed by atoms with E-state index in [1.807, 2.05) is 4.90 Å². The van der Waals surface area contributed by atoms with Crippen LogP contribution in [0.3, 0.4) is 0 Å². The zero-order valence-electron chi connectivity index (χ0n) is 11.9. The molecular formula is C16H23N3O. The highest BCUT2D eigenvalue weighted by Crippen LogP contribution is 2.27. The van der Waals surface area contributed by atoms with Gasteiger partial charge in [-0.1, -0.05) is 24.3 Å². The molecule has 2 aliphatic rings. The molecule has 2 aliphatic heterocycles. The Balaban J connectivity index is 1.57. The summed E-state index contributed by atoms with van der Waals surface area (Å²) in [5.41, 5.74) is 2.82. The first-order valence-electron chi connectivity index (χ1n) is 7.61. The SMILES string of the molecule is O=C(CCC1CNCc2ccccc21)N1CCNCC1. The number of piperazine rings is 1.